The normalized spacial score (nSPS) is 10.2. The summed E-state index contributed by atoms with van der Waals surface area (Å²) in [6.07, 6.45) is 4.04. The Kier molecular flexibility index (Phi) is 5.22. The van der Waals surface area contributed by atoms with E-state index in [-0.39, 0.29) is 5.91 Å². The number of carbonyl (C=O) groups excluding carboxylic acids is 1. The van der Waals surface area contributed by atoms with Gasteiger partial charge in [-0.1, -0.05) is 6.08 Å². The SMILES string of the molecule is C=CCCOCCNC(=O)c1cnn(C)c1N. The Hall–Kier alpha value is -1.82. The van der Waals surface area contributed by atoms with Crippen LogP contribution in [0.25, 0.3) is 0 Å². The minimum atomic E-state index is -0.233. The Morgan fingerprint density at radius 3 is 3.06 bits per heavy atom. The number of nitrogen functional groups attached to an aromatic ring is 1. The quantitative estimate of drug-likeness (QED) is 0.529. The molecule has 1 aromatic heterocycles. The van der Waals surface area contributed by atoms with Gasteiger partial charge in [0, 0.05) is 13.6 Å². The van der Waals surface area contributed by atoms with E-state index >= 15 is 0 Å². The Morgan fingerprint density at radius 1 is 1.71 bits per heavy atom. The Labute approximate surface area is 100 Å². The lowest BCUT2D eigenvalue weighted by molar-refractivity contribution is 0.0918. The van der Waals surface area contributed by atoms with E-state index < -0.39 is 0 Å². The molecule has 94 valence electrons. The molecular formula is C11H18N4O2. The van der Waals surface area contributed by atoms with Gasteiger partial charge in [-0.15, -0.1) is 6.58 Å². The predicted molar refractivity (Wildman–Crippen MR) is 65.6 cm³/mol. The van der Waals surface area contributed by atoms with Crippen molar-refractivity contribution in [2.24, 2.45) is 7.05 Å². The van der Waals surface area contributed by atoms with Gasteiger partial charge in [0.1, 0.15) is 11.4 Å². The molecule has 0 aliphatic carbocycles. The first-order chi connectivity index (χ1) is 8.16. The minimum Gasteiger partial charge on any atom is -0.383 e. The van der Waals surface area contributed by atoms with Gasteiger partial charge in [-0.25, -0.2) is 0 Å². The number of anilines is 1. The molecule has 1 heterocycles. The number of carbonyl (C=O) groups is 1. The minimum absolute atomic E-state index is 0.233. The van der Waals surface area contributed by atoms with Crippen molar-refractivity contribution in [2.75, 3.05) is 25.5 Å². The van der Waals surface area contributed by atoms with Crippen LogP contribution in [0, 0.1) is 0 Å². The van der Waals surface area contributed by atoms with Crippen molar-refractivity contribution in [3.8, 4) is 0 Å². The van der Waals surface area contributed by atoms with Crippen LogP contribution in [0.3, 0.4) is 0 Å². The van der Waals surface area contributed by atoms with Crippen molar-refractivity contribution in [1.29, 1.82) is 0 Å². The molecule has 1 aromatic rings. The zero-order chi connectivity index (χ0) is 12.7. The molecule has 0 fully saturated rings. The second-order valence-corrected chi connectivity index (χ2v) is 3.51. The summed E-state index contributed by atoms with van der Waals surface area (Å²) in [5.74, 6) is 0.123. The molecule has 0 unspecified atom stereocenters. The molecule has 1 amide bonds. The van der Waals surface area contributed by atoms with Crippen molar-refractivity contribution in [3.63, 3.8) is 0 Å². The molecule has 0 aromatic carbocycles. The fourth-order valence-electron chi connectivity index (χ4n) is 1.22. The van der Waals surface area contributed by atoms with Crippen LogP contribution >= 0.6 is 0 Å². The topological polar surface area (TPSA) is 82.2 Å². The van der Waals surface area contributed by atoms with Crippen LogP contribution in [0.15, 0.2) is 18.9 Å². The molecule has 0 saturated carbocycles. The Balaban J connectivity index is 2.26. The second kappa shape index (κ2) is 6.70. The van der Waals surface area contributed by atoms with E-state index in [9.17, 15) is 4.79 Å². The Morgan fingerprint density at radius 2 is 2.47 bits per heavy atom. The van der Waals surface area contributed by atoms with Crippen LogP contribution < -0.4 is 11.1 Å². The lowest BCUT2D eigenvalue weighted by Crippen LogP contribution is -2.27. The van der Waals surface area contributed by atoms with E-state index in [1.54, 1.807) is 13.1 Å². The molecule has 0 spiro atoms. The molecule has 6 heteroatoms. The molecule has 0 atom stereocenters. The summed E-state index contributed by atoms with van der Waals surface area (Å²) in [6, 6.07) is 0. The van der Waals surface area contributed by atoms with Gasteiger partial charge in [0.2, 0.25) is 0 Å². The van der Waals surface area contributed by atoms with Gasteiger partial charge >= 0.3 is 0 Å². The molecule has 3 N–H and O–H groups in total. The van der Waals surface area contributed by atoms with Crippen molar-refractivity contribution in [2.45, 2.75) is 6.42 Å². The summed E-state index contributed by atoms with van der Waals surface area (Å²) in [5.41, 5.74) is 6.06. The molecule has 0 radical (unpaired) electrons. The molecule has 17 heavy (non-hydrogen) atoms. The summed E-state index contributed by atoms with van der Waals surface area (Å²) in [5, 5.41) is 6.60. The fourth-order valence-corrected chi connectivity index (χ4v) is 1.22. The number of nitrogens with zero attached hydrogens (tertiary/aromatic N) is 2. The van der Waals surface area contributed by atoms with Gasteiger partial charge < -0.3 is 15.8 Å². The number of hydrogen-bond acceptors (Lipinski definition) is 4. The lowest BCUT2D eigenvalue weighted by Gasteiger charge is -2.05. The first-order valence-electron chi connectivity index (χ1n) is 5.41. The number of ether oxygens (including phenoxy) is 1. The third-order valence-electron chi connectivity index (χ3n) is 2.23. The molecule has 0 aliphatic heterocycles. The van der Waals surface area contributed by atoms with E-state index in [1.807, 2.05) is 0 Å². The van der Waals surface area contributed by atoms with Gasteiger partial charge in [0.25, 0.3) is 5.91 Å². The Bertz CT molecular complexity index is 387. The standard InChI is InChI=1S/C11H18N4O2/c1-3-4-6-17-7-5-13-11(16)9-8-14-15(2)10(9)12/h3,8H,1,4-7,12H2,2H3,(H,13,16). The van der Waals surface area contributed by atoms with Gasteiger partial charge in [-0.05, 0) is 6.42 Å². The fraction of sp³-hybridized carbons (Fsp3) is 0.455. The molecule has 1 rings (SSSR count). The van der Waals surface area contributed by atoms with Gasteiger partial charge in [0.15, 0.2) is 0 Å². The maximum atomic E-state index is 11.7. The highest BCUT2D eigenvalue weighted by atomic mass is 16.5. The summed E-state index contributed by atoms with van der Waals surface area (Å²) >= 11 is 0. The van der Waals surface area contributed by atoms with E-state index in [0.29, 0.717) is 31.1 Å². The average Bonchev–Trinajstić information content (AvgIpc) is 2.64. The molecular weight excluding hydrogens is 220 g/mol. The van der Waals surface area contributed by atoms with Crippen LogP contribution in [-0.2, 0) is 11.8 Å². The average molecular weight is 238 g/mol. The third kappa shape index (κ3) is 3.92. The zero-order valence-electron chi connectivity index (χ0n) is 9.98. The molecule has 6 nitrogen and oxygen atoms in total. The van der Waals surface area contributed by atoms with Crippen molar-refractivity contribution in [1.82, 2.24) is 15.1 Å². The van der Waals surface area contributed by atoms with Crippen molar-refractivity contribution < 1.29 is 9.53 Å². The van der Waals surface area contributed by atoms with E-state index in [4.69, 9.17) is 10.5 Å². The summed E-state index contributed by atoms with van der Waals surface area (Å²) in [6.45, 7) is 5.13. The van der Waals surface area contributed by atoms with Crippen LogP contribution in [0.2, 0.25) is 0 Å². The van der Waals surface area contributed by atoms with Crippen LogP contribution in [0.1, 0.15) is 16.8 Å². The zero-order valence-corrected chi connectivity index (χ0v) is 9.98. The second-order valence-electron chi connectivity index (χ2n) is 3.51. The van der Waals surface area contributed by atoms with Gasteiger partial charge in [0.05, 0.1) is 19.4 Å². The number of nitrogens with one attached hydrogen (secondary N) is 1. The largest absolute Gasteiger partial charge is 0.383 e. The van der Waals surface area contributed by atoms with E-state index in [0.717, 1.165) is 6.42 Å². The third-order valence-corrected chi connectivity index (χ3v) is 2.23. The van der Waals surface area contributed by atoms with Crippen molar-refractivity contribution >= 4 is 11.7 Å². The highest BCUT2D eigenvalue weighted by Gasteiger charge is 2.12. The molecule has 0 bridgehead atoms. The lowest BCUT2D eigenvalue weighted by atomic mass is 10.3. The van der Waals surface area contributed by atoms with Crippen LogP contribution in [0.5, 0.6) is 0 Å². The number of rotatable bonds is 7. The van der Waals surface area contributed by atoms with E-state index in [1.165, 1.54) is 10.9 Å². The van der Waals surface area contributed by atoms with Crippen LogP contribution in [0.4, 0.5) is 5.82 Å². The summed E-state index contributed by atoms with van der Waals surface area (Å²) in [7, 11) is 1.69. The maximum Gasteiger partial charge on any atom is 0.256 e. The smallest absolute Gasteiger partial charge is 0.256 e. The summed E-state index contributed by atoms with van der Waals surface area (Å²) < 4.78 is 6.71. The number of amides is 1. The van der Waals surface area contributed by atoms with Crippen molar-refractivity contribution in [3.05, 3.63) is 24.4 Å². The van der Waals surface area contributed by atoms with Crippen LogP contribution in [-0.4, -0.2) is 35.4 Å². The van der Waals surface area contributed by atoms with Gasteiger partial charge in [-0.3, -0.25) is 9.48 Å². The monoisotopic (exact) mass is 238 g/mol. The number of aromatic nitrogens is 2. The molecule has 0 saturated heterocycles. The number of hydrogen-bond donors (Lipinski definition) is 2. The molecule has 0 aliphatic rings. The first kappa shape index (κ1) is 13.2. The predicted octanol–water partition coefficient (Wildman–Crippen LogP) is 0.325. The number of nitrogens with two attached hydrogens (primary N) is 1. The van der Waals surface area contributed by atoms with E-state index in [2.05, 4.69) is 17.0 Å². The highest BCUT2D eigenvalue weighted by Crippen LogP contribution is 2.08. The summed E-state index contributed by atoms with van der Waals surface area (Å²) in [4.78, 5) is 11.7. The number of aryl methyl sites for hydroxylation is 1. The maximum absolute atomic E-state index is 11.7. The van der Waals surface area contributed by atoms with Gasteiger partial charge in [-0.2, -0.15) is 5.10 Å². The first-order valence-corrected chi connectivity index (χ1v) is 5.41. The highest BCUT2D eigenvalue weighted by molar-refractivity contribution is 5.98.